The van der Waals surface area contributed by atoms with E-state index >= 15 is 0 Å². The number of carboxylic acid groups (broad SMARTS) is 1. The molecule has 0 amide bonds. The van der Waals surface area contributed by atoms with Crippen LogP contribution < -0.4 is 0 Å². The van der Waals surface area contributed by atoms with Gasteiger partial charge in [-0.1, -0.05) is 0 Å². The van der Waals surface area contributed by atoms with Gasteiger partial charge in [-0.05, 0) is 31.0 Å². The van der Waals surface area contributed by atoms with Crippen LogP contribution in [0.1, 0.15) is 24.6 Å². The normalized spacial score (nSPS) is 18.1. The first-order valence-corrected chi connectivity index (χ1v) is 8.41. The zero-order valence-electron chi connectivity index (χ0n) is 11.3. The number of hydrogen-bond acceptors (Lipinski definition) is 3. The van der Waals surface area contributed by atoms with E-state index in [9.17, 15) is 17.6 Å². The van der Waals surface area contributed by atoms with Crippen LogP contribution in [0.3, 0.4) is 0 Å². The van der Waals surface area contributed by atoms with Gasteiger partial charge in [0, 0.05) is 23.4 Å². The molecule has 1 aromatic heterocycles. The second-order valence-electron chi connectivity index (χ2n) is 5.41. The van der Waals surface area contributed by atoms with Crippen molar-refractivity contribution in [1.82, 2.24) is 4.57 Å². The number of fused-ring (bicyclic) bond motifs is 3. The fraction of sp³-hybridized carbons (Fsp3) is 0.357. The molecular weight excluding hydrogens is 297 g/mol. The molecule has 0 unspecified atom stereocenters. The van der Waals surface area contributed by atoms with Gasteiger partial charge in [0.2, 0.25) is 0 Å². The molecule has 0 fully saturated rings. The first-order chi connectivity index (χ1) is 9.77. The van der Waals surface area contributed by atoms with Crippen molar-refractivity contribution >= 4 is 26.7 Å². The summed E-state index contributed by atoms with van der Waals surface area (Å²) in [5, 5.41) is 9.49. The molecule has 2 aromatic rings. The molecule has 112 valence electrons. The topological polar surface area (TPSA) is 76.4 Å². The van der Waals surface area contributed by atoms with Crippen LogP contribution in [0.5, 0.6) is 0 Å². The molecule has 21 heavy (non-hydrogen) atoms. The van der Waals surface area contributed by atoms with E-state index in [-0.39, 0.29) is 17.4 Å². The van der Waals surface area contributed by atoms with E-state index in [1.165, 1.54) is 6.07 Å². The molecule has 5 nitrogen and oxygen atoms in total. The van der Waals surface area contributed by atoms with Gasteiger partial charge in [0.15, 0.2) is 9.84 Å². The molecule has 2 heterocycles. The van der Waals surface area contributed by atoms with E-state index in [0.717, 1.165) is 18.0 Å². The number of aryl methyl sites for hydroxylation is 1. The molecule has 0 aliphatic carbocycles. The summed E-state index contributed by atoms with van der Waals surface area (Å²) in [5.74, 6) is -1.54. The van der Waals surface area contributed by atoms with Crippen molar-refractivity contribution in [3.05, 3.63) is 29.7 Å². The Balaban J connectivity index is 2.32. The van der Waals surface area contributed by atoms with Crippen molar-refractivity contribution in [2.24, 2.45) is 0 Å². The summed E-state index contributed by atoms with van der Waals surface area (Å²) >= 11 is 0. The number of rotatable bonds is 3. The number of nitrogens with zero attached hydrogens (tertiary/aromatic N) is 1. The second-order valence-corrected chi connectivity index (χ2v) is 7.39. The number of benzene rings is 1. The Morgan fingerprint density at radius 3 is 2.76 bits per heavy atom. The quantitative estimate of drug-likeness (QED) is 0.942. The largest absolute Gasteiger partial charge is 0.481 e. The van der Waals surface area contributed by atoms with Gasteiger partial charge in [-0.2, -0.15) is 0 Å². The van der Waals surface area contributed by atoms with E-state index in [0.29, 0.717) is 23.7 Å². The van der Waals surface area contributed by atoms with E-state index in [4.69, 9.17) is 5.11 Å². The van der Waals surface area contributed by atoms with Gasteiger partial charge < -0.3 is 9.67 Å². The Bertz CT molecular complexity index is 853. The molecule has 0 spiro atoms. The Kier molecular flexibility index (Phi) is 3.05. The zero-order chi connectivity index (χ0) is 15.4. The van der Waals surface area contributed by atoms with Crippen LogP contribution in [0.4, 0.5) is 4.39 Å². The van der Waals surface area contributed by atoms with Crippen LogP contribution >= 0.6 is 0 Å². The van der Waals surface area contributed by atoms with Gasteiger partial charge in [0.1, 0.15) is 5.82 Å². The van der Waals surface area contributed by atoms with Crippen molar-refractivity contribution in [3.63, 3.8) is 0 Å². The number of halogens is 1. The van der Waals surface area contributed by atoms with Gasteiger partial charge in [-0.25, -0.2) is 12.8 Å². The molecule has 1 aliphatic rings. The highest BCUT2D eigenvalue weighted by molar-refractivity contribution is 7.91. The molecule has 0 saturated heterocycles. The van der Waals surface area contributed by atoms with Crippen molar-refractivity contribution in [1.29, 1.82) is 0 Å². The maximum atomic E-state index is 13.6. The number of carbonyl (C=O) groups is 1. The summed E-state index contributed by atoms with van der Waals surface area (Å²) in [7, 11) is -3.60. The van der Waals surface area contributed by atoms with Gasteiger partial charge in [0.25, 0.3) is 0 Å². The van der Waals surface area contributed by atoms with Crippen LogP contribution in [-0.2, 0) is 21.1 Å². The summed E-state index contributed by atoms with van der Waals surface area (Å²) in [6.07, 6.45) is 2.27. The summed E-state index contributed by atoms with van der Waals surface area (Å²) in [5.41, 5.74) is 1.27. The van der Waals surface area contributed by atoms with Gasteiger partial charge in [-0.3, -0.25) is 4.79 Å². The van der Waals surface area contributed by atoms with Crippen molar-refractivity contribution in [2.75, 3.05) is 6.26 Å². The molecule has 0 saturated carbocycles. The smallest absolute Gasteiger partial charge is 0.305 e. The van der Waals surface area contributed by atoms with Crippen LogP contribution in [0, 0.1) is 5.82 Å². The van der Waals surface area contributed by atoms with E-state index in [1.54, 1.807) is 10.6 Å². The van der Waals surface area contributed by atoms with Gasteiger partial charge >= 0.3 is 5.97 Å². The monoisotopic (exact) mass is 311 g/mol. The Hall–Kier alpha value is -1.89. The molecule has 1 aliphatic heterocycles. The zero-order valence-corrected chi connectivity index (χ0v) is 12.2. The predicted octanol–water partition coefficient (Wildman–Crippen LogP) is 2.15. The van der Waals surface area contributed by atoms with Crippen molar-refractivity contribution in [3.8, 4) is 0 Å². The third-order valence-corrected chi connectivity index (χ3v) is 4.96. The van der Waals surface area contributed by atoms with E-state index in [1.807, 2.05) is 0 Å². The fourth-order valence-electron chi connectivity index (χ4n) is 3.09. The van der Waals surface area contributed by atoms with Gasteiger partial charge in [-0.15, -0.1) is 0 Å². The number of aliphatic carboxylic acids is 1. The maximum absolute atomic E-state index is 13.6. The molecular formula is C14H14FNO4S. The van der Waals surface area contributed by atoms with Crippen LogP contribution in [0.2, 0.25) is 0 Å². The maximum Gasteiger partial charge on any atom is 0.305 e. The molecule has 3 rings (SSSR count). The second kappa shape index (κ2) is 4.56. The first-order valence-electron chi connectivity index (χ1n) is 6.52. The number of sulfone groups is 1. The Labute approximate surface area is 120 Å². The molecule has 7 heteroatoms. The molecule has 1 N–H and O–H groups in total. The van der Waals surface area contributed by atoms with Crippen molar-refractivity contribution < 1.29 is 22.7 Å². The lowest BCUT2D eigenvalue weighted by Crippen LogP contribution is -2.11. The van der Waals surface area contributed by atoms with E-state index in [2.05, 4.69) is 0 Å². The summed E-state index contributed by atoms with van der Waals surface area (Å²) in [6.45, 7) is 0. The number of carboxylic acids is 1. The summed E-state index contributed by atoms with van der Waals surface area (Å²) < 4.78 is 39.2. The Morgan fingerprint density at radius 1 is 1.43 bits per heavy atom. The molecule has 0 bridgehead atoms. The van der Waals surface area contributed by atoms with Gasteiger partial charge in [0.05, 0.1) is 16.8 Å². The lowest BCUT2D eigenvalue weighted by Gasteiger charge is -2.14. The highest BCUT2D eigenvalue weighted by Crippen LogP contribution is 2.38. The third kappa shape index (κ3) is 2.31. The molecule has 0 radical (unpaired) electrons. The summed E-state index contributed by atoms with van der Waals surface area (Å²) in [4.78, 5) is 10.9. The van der Waals surface area contributed by atoms with Crippen LogP contribution in [0.15, 0.2) is 23.1 Å². The van der Waals surface area contributed by atoms with Crippen LogP contribution in [-0.4, -0.2) is 30.3 Å². The average Bonchev–Trinajstić information content (AvgIpc) is 2.86. The molecule has 1 aromatic carbocycles. The standard InChI is InChI=1S/C14H14FNO4S/c1-21(19,20)12-6-9(15)4-8-5-10-2-3-11(7-13(17)18)16(10)14(8)12/h4-6,11H,2-3,7H2,1H3,(H,17,18)/t11-/m1/s1. The third-order valence-electron chi connectivity index (χ3n) is 3.85. The lowest BCUT2D eigenvalue weighted by atomic mass is 10.1. The minimum Gasteiger partial charge on any atom is -0.481 e. The molecule has 1 atom stereocenters. The highest BCUT2D eigenvalue weighted by atomic mass is 32.2. The SMILES string of the molecule is CS(=O)(=O)c1cc(F)cc2cc3n(c12)[C@@H](CC(=O)O)CC3. The lowest BCUT2D eigenvalue weighted by molar-refractivity contribution is -0.137. The summed E-state index contributed by atoms with van der Waals surface area (Å²) in [6, 6.07) is 3.74. The minimum atomic E-state index is -3.60. The fourth-order valence-corrected chi connectivity index (χ4v) is 3.98. The van der Waals surface area contributed by atoms with E-state index < -0.39 is 21.6 Å². The highest BCUT2D eigenvalue weighted by Gasteiger charge is 2.29. The predicted molar refractivity (Wildman–Crippen MR) is 74.6 cm³/mol. The first kappa shape index (κ1) is 14.1. The number of hydrogen-bond donors (Lipinski definition) is 1. The van der Waals surface area contributed by atoms with Crippen molar-refractivity contribution in [2.45, 2.75) is 30.2 Å². The number of aromatic nitrogens is 1. The average molecular weight is 311 g/mol. The Morgan fingerprint density at radius 2 is 2.14 bits per heavy atom. The van der Waals surface area contributed by atoms with Crippen LogP contribution in [0.25, 0.3) is 10.9 Å². The minimum absolute atomic E-state index is 0.0721.